The van der Waals surface area contributed by atoms with Gasteiger partial charge in [0.1, 0.15) is 5.41 Å². The minimum Gasteiger partial charge on any atom is -0.325 e. The van der Waals surface area contributed by atoms with Crippen molar-refractivity contribution in [3.8, 4) is 6.07 Å². The van der Waals surface area contributed by atoms with Gasteiger partial charge in [-0.25, -0.2) is 0 Å². The van der Waals surface area contributed by atoms with E-state index in [1.54, 1.807) is 36.4 Å². The van der Waals surface area contributed by atoms with Gasteiger partial charge < -0.3 is 10.6 Å². The number of aryl methyl sites for hydroxylation is 1. The van der Waals surface area contributed by atoms with Crippen LogP contribution in [0.25, 0.3) is 0 Å². The molecule has 0 saturated heterocycles. The first kappa shape index (κ1) is 17.0. The average Bonchev–Trinajstić information content (AvgIpc) is 3.40. The first-order valence-corrected chi connectivity index (χ1v) is 8.22. The largest absolute Gasteiger partial charge is 0.325 e. The van der Waals surface area contributed by atoms with Crippen LogP contribution in [0.2, 0.25) is 5.02 Å². The van der Waals surface area contributed by atoms with Gasteiger partial charge in [-0.05, 0) is 55.7 Å². The molecule has 126 valence electrons. The summed E-state index contributed by atoms with van der Waals surface area (Å²) in [5, 5.41) is 15.0. The fourth-order valence-electron chi connectivity index (χ4n) is 2.52. The van der Waals surface area contributed by atoms with E-state index in [1.165, 1.54) is 0 Å². The van der Waals surface area contributed by atoms with Crippen molar-refractivity contribution in [1.82, 2.24) is 0 Å². The Bertz CT molecular complexity index is 898. The maximum absolute atomic E-state index is 12.6. The summed E-state index contributed by atoms with van der Waals surface area (Å²) in [5.74, 6) is -0.709. The van der Waals surface area contributed by atoms with Crippen LogP contribution in [0.1, 0.15) is 24.0 Å². The van der Waals surface area contributed by atoms with E-state index in [1.807, 2.05) is 19.1 Å². The van der Waals surface area contributed by atoms with E-state index in [2.05, 4.69) is 10.6 Å². The smallest absolute Gasteiger partial charge is 0.240 e. The molecule has 1 fully saturated rings. The minimum absolute atomic E-state index is 0.346. The predicted molar refractivity (Wildman–Crippen MR) is 96.3 cm³/mol. The summed E-state index contributed by atoms with van der Waals surface area (Å²) in [7, 11) is 0. The number of nitrogens with one attached hydrogen (secondary N) is 2. The molecule has 0 heterocycles. The summed E-state index contributed by atoms with van der Waals surface area (Å²) in [5.41, 5.74) is 1.35. The molecule has 2 N–H and O–H groups in total. The number of carbonyl (C=O) groups is 2. The lowest BCUT2D eigenvalue weighted by Crippen LogP contribution is -2.35. The second kappa shape index (κ2) is 6.58. The van der Waals surface area contributed by atoms with Crippen LogP contribution in [0.3, 0.4) is 0 Å². The molecule has 0 bridgehead atoms. The van der Waals surface area contributed by atoms with E-state index in [4.69, 9.17) is 16.9 Å². The number of halogens is 1. The first-order valence-electron chi connectivity index (χ1n) is 7.84. The van der Waals surface area contributed by atoms with E-state index in [-0.39, 0.29) is 11.8 Å². The van der Waals surface area contributed by atoms with Crippen LogP contribution in [0.15, 0.2) is 42.5 Å². The lowest BCUT2D eigenvalue weighted by molar-refractivity contribution is -0.131. The van der Waals surface area contributed by atoms with Crippen molar-refractivity contribution in [1.29, 1.82) is 5.26 Å². The highest BCUT2D eigenvalue weighted by Gasteiger charge is 2.56. The van der Waals surface area contributed by atoms with Gasteiger partial charge in [-0.2, -0.15) is 5.26 Å². The van der Waals surface area contributed by atoms with Gasteiger partial charge in [-0.1, -0.05) is 23.7 Å². The molecule has 2 aromatic rings. The zero-order valence-electron chi connectivity index (χ0n) is 13.6. The van der Waals surface area contributed by atoms with Gasteiger partial charge in [0.15, 0.2) is 0 Å². The number of benzene rings is 2. The molecule has 2 amide bonds. The Kier molecular flexibility index (Phi) is 4.47. The molecule has 6 heteroatoms. The molecule has 1 saturated carbocycles. The van der Waals surface area contributed by atoms with Crippen LogP contribution in [0, 0.1) is 23.7 Å². The van der Waals surface area contributed by atoms with Gasteiger partial charge in [-0.15, -0.1) is 0 Å². The van der Waals surface area contributed by atoms with Crippen LogP contribution >= 0.6 is 11.6 Å². The molecule has 0 aliphatic heterocycles. The van der Waals surface area contributed by atoms with Gasteiger partial charge in [-0.3, -0.25) is 9.59 Å². The number of anilines is 2. The summed E-state index contributed by atoms with van der Waals surface area (Å²) in [6.45, 7) is 1.87. The van der Waals surface area contributed by atoms with Crippen molar-refractivity contribution < 1.29 is 9.59 Å². The number of nitriles is 1. The second-order valence-electron chi connectivity index (χ2n) is 6.15. The fourth-order valence-corrected chi connectivity index (χ4v) is 2.70. The first-order chi connectivity index (χ1) is 11.9. The highest BCUT2D eigenvalue weighted by Crippen LogP contribution is 2.47. The van der Waals surface area contributed by atoms with Crippen LogP contribution < -0.4 is 10.6 Å². The Hall–Kier alpha value is -2.84. The van der Waals surface area contributed by atoms with E-state index < -0.39 is 5.41 Å². The van der Waals surface area contributed by atoms with Gasteiger partial charge in [0.25, 0.3) is 0 Å². The predicted octanol–water partition coefficient (Wildman–Crippen LogP) is 3.88. The van der Waals surface area contributed by atoms with Crippen molar-refractivity contribution in [2.75, 3.05) is 10.6 Å². The highest BCUT2D eigenvalue weighted by atomic mass is 35.5. The molecule has 0 aromatic heterocycles. The third kappa shape index (κ3) is 3.49. The zero-order chi connectivity index (χ0) is 18.0. The van der Waals surface area contributed by atoms with E-state index in [0.29, 0.717) is 34.8 Å². The molecule has 1 aliphatic carbocycles. The molecule has 0 unspecified atom stereocenters. The topological polar surface area (TPSA) is 82.0 Å². The molecule has 2 aromatic carbocycles. The standard InChI is InChI=1S/C19H16ClN3O2/c1-12-5-6-15(10-16(12)20)23-18(25)19(7-8-19)17(24)22-14-4-2-3-13(9-14)11-21/h2-6,9-10H,7-8H2,1H3,(H,22,24)(H,23,25). The molecule has 5 nitrogen and oxygen atoms in total. The summed E-state index contributed by atoms with van der Waals surface area (Å²) in [6, 6.07) is 13.8. The van der Waals surface area contributed by atoms with E-state index in [9.17, 15) is 9.59 Å². The van der Waals surface area contributed by atoms with Crippen molar-refractivity contribution in [2.45, 2.75) is 19.8 Å². The monoisotopic (exact) mass is 353 g/mol. The molecule has 3 rings (SSSR count). The zero-order valence-corrected chi connectivity index (χ0v) is 14.4. The SMILES string of the molecule is Cc1ccc(NC(=O)C2(C(=O)Nc3cccc(C#N)c3)CC2)cc1Cl. The second-order valence-corrected chi connectivity index (χ2v) is 6.55. The van der Waals surface area contributed by atoms with E-state index in [0.717, 1.165) is 5.56 Å². The number of nitrogens with zero attached hydrogens (tertiary/aromatic N) is 1. The normalized spacial score (nSPS) is 14.3. The average molecular weight is 354 g/mol. The summed E-state index contributed by atoms with van der Waals surface area (Å²) < 4.78 is 0. The minimum atomic E-state index is -1.07. The lowest BCUT2D eigenvalue weighted by atomic mass is 10.0. The molecule has 0 spiro atoms. The molecule has 0 radical (unpaired) electrons. The maximum atomic E-state index is 12.6. The van der Waals surface area contributed by atoms with Crippen molar-refractivity contribution in [3.63, 3.8) is 0 Å². The molecule has 25 heavy (non-hydrogen) atoms. The summed E-state index contributed by atoms with van der Waals surface area (Å²) >= 11 is 6.07. The lowest BCUT2D eigenvalue weighted by Gasteiger charge is -2.16. The Morgan fingerprint density at radius 2 is 1.72 bits per heavy atom. The van der Waals surface area contributed by atoms with Crippen LogP contribution in [0.4, 0.5) is 11.4 Å². The number of carbonyl (C=O) groups excluding carboxylic acids is 2. The highest BCUT2D eigenvalue weighted by molar-refractivity contribution is 6.31. The number of hydrogen-bond acceptors (Lipinski definition) is 3. The Morgan fingerprint density at radius 3 is 2.28 bits per heavy atom. The van der Waals surface area contributed by atoms with Crippen LogP contribution in [-0.4, -0.2) is 11.8 Å². The van der Waals surface area contributed by atoms with Gasteiger partial charge in [0.2, 0.25) is 11.8 Å². The summed E-state index contributed by atoms with van der Waals surface area (Å²) in [6.07, 6.45) is 0.977. The number of rotatable bonds is 4. The molecular weight excluding hydrogens is 338 g/mol. The third-order valence-electron chi connectivity index (χ3n) is 4.30. The van der Waals surface area contributed by atoms with Crippen molar-refractivity contribution >= 4 is 34.8 Å². The van der Waals surface area contributed by atoms with E-state index >= 15 is 0 Å². The third-order valence-corrected chi connectivity index (χ3v) is 4.71. The Balaban J connectivity index is 1.72. The fraction of sp³-hybridized carbons (Fsp3) is 0.211. The Labute approximate surface area is 150 Å². The van der Waals surface area contributed by atoms with Gasteiger partial charge in [0.05, 0.1) is 11.6 Å². The quantitative estimate of drug-likeness (QED) is 0.818. The number of hydrogen-bond donors (Lipinski definition) is 2. The maximum Gasteiger partial charge on any atom is 0.240 e. The Morgan fingerprint density at radius 1 is 1.08 bits per heavy atom. The van der Waals surface area contributed by atoms with Crippen LogP contribution in [0.5, 0.6) is 0 Å². The molecule has 0 atom stereocenters. The summed E-state index contributed by atoms with van der Waals surface area (Å²) in [4.78, 5) is 25.1. The van der Waals surface area contributed by atoms with Crippen molar-refractivity contribution in [2.24, 2.45) is 5.41 Å². The van der Waals surface area contributed by atoms with Gasteiger partial charge in [0, 0.05) is 16.4 Å². The molecular formula is C19H16ClN3O2. The van der Waals surface area contributed by atoms with Gasteiger partial charge >= 0.3 is 0 Å². The van der Waals surface area contributed by atoms with Crippen LogP contribution in [-0.2, 0) is 9.59 Å². The van der Waals surface area contributed by atoms with Crippen molar-refractivity contribution in [3.05, 3.63) is 58.6 Å². The number of amides is 2. The molecule has 1 aliphatic rings.